The van der Waals surface area contributed by atoms with Crippen molar-refractivity contribution < 1.29 is 14.7 Å². The maximum absolute atomic E-state index is 13.0. The lowest BCUT2D eigenvalue weighted by Crippen LogP contribution is -2.48. The first-order valence-electron chi connectivity index (χ1n) is 8.83. The number of rotatable bonds is 4. The summed E-state index contributed by atoms with van der Waals surface area (Å²) in [7, 11) is 0. The number of hydrogen-bond donors (Lipinski definition) is 3. The Bertz CT molecular complexity index is 859. The molecule has 9 nitrogen and oxygen atoms in total. The number of amides is 3. The van der Waals surface area contributed by atoms with Gasteiger partial charge in [-0.1, -0.05) is 6.07 Å². The van der Waals surface area contributed by atoms with E-state index < -0.39 is 0 Å². The standard InChI is InChI=1S/C18H20N6O3/c25-10-8-20-17(26)13-4-5-14-16(21-13)24(12-6-9-23(14)11-12)18(27)22-15-3-1-2-7-19-15/h1-5,7,12,25H,6,8-11H2,(H,20,26)(H,19,22,27). The maximum Gasteiger partial charge on any atom is 0.329 e. The van der Waals surface area contributed by atoms with E-state index in [1.54, 1.807) is 35.4 Å². The summed E-state index contributed by atoms with van der Waals surface area (Å²) in [4.78, 5) is 37.6. The second-order valence-electron chi connectivity index (χ2n) is 6.42. The summed E-state index contributed by atoms with van der Waals surface area (Å²) < 4.78 is 0. The maximum atomic E-state index is 13.0. The van der Waals surface area contributed by atoms with Crippen LogP contribution in [0.25, 0.3) is 0 Å². The average molecular weight is 368 g/mol. The molecule has 0 radical (unpaired) electrons. The number of anilines is 3. The minimum atomic E-state index is -0.384. The minimum Gasteiger partial charge on any atom is -0.395 e. The largest absolute Gasteiger partial charge is 0.395 e. The molecule has 1 saturated heterocycles. The molecule has 1 fully saturated rings. The van der Waals surface area contributed by atoms with E-state index in [1.165, 1.54) is 0 Å². The normalized spacial score (nSPS) is 17.4. The van der Waals surface area contributed by atoms with Crippen molar-refractivity contribution in [1.29, 1.82) is 0 Å². The van der Waals surface area contributed by atoms with Gasteiger partial charge in [-0.05, 0) is 30.7 Å². The molecule has 0 saturated carbocycles. The molecule has 2 aromatic heterocycles. The fourth-order valence-electron chi connectivity index (χ4n) is 3.46. The van der Waals surface area contributed by atoms with Gasteiger partial charge in [0, 0.05) is 25.8 Å². The Labute approximate surface area is 156 Å². The van der Waals surface area contributed by atoms with Crippen LogP contribution >= 0.6 is 0 Å². The molecule has 2 aliphatic rings. The van der Waals surface area contributed by atoms with Gasteiger partial charge in [0.2, 0.25) is 0 Å². The molecule has 140 valence electrons. The summed E-state index contributed by atoms with van der Waals surface area (Å²) in [6, 6.07) is 8.42. The molecule has 0 aromatic carbocycles. The number of aliphatic hydroxyl groups is 1. The van der Waals surface area contributed by atoms with Crippen molar-refractivity contribution in [2.45, 2.75) is 12.5 Å². The van der Waals surface area contributed by atoms with Gasteiger partial charge in [-0.3, -0.25) is 15.0 Å². The molecule has 1 unspecified atom stereocenters. The Morgan fingerprint density at radius 2 is 2.15 bits per heavy atom. The Hall–Kier alpha value is -3.20. The van der Waals surface area contributed by atoms with Crippen LogP contribution < -0.4 is 20.4 Å². The van der Waals surface area contributed by atoms with E-state index in [-0.39, 0.29) is 36.8 Å². The number of carbonyl (C=O) groups excluding carboxylic acids is 2. The van der Waals surface area contributed by atoms with Gasteiger partial charge >= 0.3 is 6.03 Å². The van der Waals surface area contributed by atoms with Crippen molar-refractivity contribution in [2.75, 3.05) is 41.4 Å². The monoisotopic (exact) mass is 368 g/mol. The van der Waals surface area contributed by atoms with Crippen LogP contribution in [0.3, 0.4) is 0 Å². The minimum absolute atomic E-state index is 0.00975. The number of aromatic nitrogens is 2. The van der Waals surface area contributed by atoms with Gasteiger partial charge < -0.3 is 15.3 Å². The lowest BCUT2D eigenvalue weighted by molar-refractivity contribution is 0.0940. The van der Waals surface area contributed by atoms with Crippen molar-refractivity contribution in [3.8, 4) is 0 Å². The van der Waals surface area contributed by atoms with E-state index in [0.29, 0.717) is 11.6 Å². The Kier molecular flexibility index (Phi) is 4.59. The number of nitrogens with one attached hydrogen (secondary N) is 2. The van der Waals surface area contributed by atoms with E-state index in [4.69, 9.17) is 5.11 Å². The Balaban J connectivity index is 1.65. The van der Waals surface area contributed by atoms with Crippen molar-refractivity contribution in [3.63, 3.8) is 0 Å². The fourth-order valence-corrected chi connectivity index (χ4v) is 3.46. The van der Waals surface area contributed by atoms with E-state index in [0.717, 1.165) is 25.2 Å². The van der Waals surface area contributed by atoms with Crippen LogP contribution in [0.2, 0.25) is 0 Å². The van der Waals surface area contributed by atoms with Gasteiger partial charge in [0.05, 0.1) is 18.3 Å². The third kappa shape index (κ3) is 3.28. The van der Waals surface area contributed by atoms with Crippen molar-refractivity contribution in [3.05, 3.63) is 42.2 Å². The van der Waals surface area contributed by atoms with E-state index in [2.05, 4.69) is 25.5 Å². The van der Waals surface area contributed by atoms with Crippen LogP contribution in [0, 0.1) is 0 Å². The first-order chi connectivity index (χ1) is 13.2. The molecular weight excluding hydrogens is 348 g/mol. The van der Waals surface area contributed by atoms with E-state index in [1.807, 2.05) is 6.07 Å². The SMILES string of the molecule is O=C(NCCO)c1ccc2c(n1)N(C(=O)Nc1ccccn1)C1CCN2C1. The van der Waals surface area contributed by atoms with Gasteiger partial charge in [-0.25, -0.2) is 14.8 Å². The average Bonchev–Trinajstić information content (AvgIpc) is 3.11. The number of aliphatic hydroxyl groups excluding tert-OH is 1. The second kappa shape index (κ2) is 7.20. The van der Waals surface area contributed by atoms with Crippen LogP contribution in [-0.4, -0.2) is 59.3 Å². The number of carbonyl (C=O) groups is 2. The van der Waals surface area contributed by atoms with Gasteiger partial charge in [0.1, 0.15) is 11.5 Å². The van der Waals surface area contributed by atoms with Gasteiger partial charge in [-0.15, -0.1) is 0 Å². The molecule has 3 N–H and O–H groups in total. The van der Waals surface area contributed by atoms with Crippen molar-refractivity contribution in [1.82, 2.24) is 15.3 Å². The summed E-state index contributed by atoms with van der Waals surface area (Å²) >= 11 is 0. The zero-order chi connectivity index (χ0) is 18.8. The molecule has 27 heavy (non-hydrogen) atoms. The Morgan fingerprint density at radius 3 is 2.93 bits per heavy atom. The molecule has 2 aliphatic heterocycles. The highest BCUT2D eigenvalue weighted by atomic mass is 16.3. The van der Waals surface area contributed by atoms with Gasteiger partial charge in [-0.2, -0.15) is 0 Å². The predicted molar refractivity (Wildman–Crippen MR) is 100 cm³/mol. The summed E-state index contributed by atoms with van der Waals surface area (Å²) in [6.07, 6.45) is 2.44. The van der Waals surface area contributed by atoms with Crippen LogP contribution in [0.5, 0.6) is 0 Å². The zero-order valence-corrected chi connectivity index (χ0v) is 14.6. The van der Waals surface area contributed by atoms with E-state index in [9.17, 15) is 9.59 Å². The zero-order valence-electron chi connectivity index (χ0n) is 14.6. The summed E-state index contributed by atoms with van der Waals surface area (Å²) in [5.74, 6) is 0.542. The molecule has 1 atom stereocenters. The third-order valence-electron chi connectivity index (χ3n) is 4.70. The highest BCUT2D eigenvalue weighted by Crippen LogP contribution is 2.39. The third-order valence-corrected chi connectivity index (χ3v) is 4.70. The number of urea groups is 1. The van der Waals surface area contributed by atoms with Crippen molar-refractivity contribution >= 4 is 29.3 Å². The van der Waals surface area contributed by atoms with Crippen molar-refractivity contribution in [2.24, 2.45) is 0 Å². The molecule has 2 bridgehead atoms. The van der Waals surface area contributed by atoms with Crippen LogP contribution in [0.4, 0.5) is 22.1 Å². The highest BCUT2D eigenvalue weighted by molar-refractivity contribution is 6.05. The molecule has 0 spiro atoms. The molecule has 9 heteroatoms. The molecular formula is C18H20N6O3. The Morgan fingerprint density at radius 1 is 1.26 bits per heavy atom. The lowest BCUT2D eigenvalue weighted by atomic mass is 10.1. The summed E-state index contributed by atoms with van der Waals surface area (Å²) in [6.45, 7) is 1.57. The number of nitrogens with zero attached hydrogens (tertiary/aromatic N) is 4. The molecule has 4 rings (SSSR count). The molecule has 0 aliphatic carbocycles. The highest BCUT2D eigenvalue weighted by Gasteiger charge is 2.40. The van der Waals surface area contributed by atoms with Gasteiger partial charge in [0.15, 0.2) is 5.82 Å². The van der Waals surface area contributed by atoms with Gasteiger partial charge in [0.25, 0.3) is 5.91 Å². The topological polar surface area (TPSA) is 111 Å². The smallest absolute Gasteiger partial charge is 0.329 e. The second-order valence-corrected chi connectivity index (χ2v) is 6.42. The number of pyridine rings is 2. The predicted octanol–water partition coefficient (Wildman–Crippen LogP) is 0.829. The fraction of sp³-hybridized carbons (Fsp3) is 0.333. The lowest BCUT2D eigenvalue weighted by Gasteiger charge is -2.35. The number of fused-ring (bicyclic) bond motifs is 4. The first kappa shape index (κ1) is 17.2. The molecule has 4 heterocycles. The van der Waals surface area contributed by atoms with Crippen LogP contribution in [0.1, 0.15) is 16.9 Å². The molecule has 3 amide bonds. The first-order valence-corrected chi connectivity index (χ1v) is 8.83. The quantitative estimate of drug-likeness (QED) is 0.737. The molecule has 2 aromatic rings. The van der Waals surface area contributed by atoms with Crippen LogP contribution in [-0.2, 0) is 0 Å². The van der Waals surface area contributed by atoms with Crippen LogP contribution in [0.15, 0.2) is 36.5 Å². The summed E-state index contributed by atoms with van der Waals surface area (Å²) in [5, 5.41) is 14.3. The van der Waals surface area contributed by atoms with E-state index >= 15 is 0 Å². The summed E-state index contributed by atoms with van der Waals surface area (Å²) in [5.41, 5.74) is 1.04. The number of hydrogen-bond acceptors (Lipinski definition) is 6.